The van der Waals surface area contributed by atoms with E-state index in [0.717, 1.165) is 19.3 Å². The van der Waals surface area contributed by atoms with Crippen molar-refractivity contribution in [2.45, 2.75) is 53.4 Å². The van der Waals surface area contributed by atoms with E-state index in [0.29, 0.717) is 6.42 Å². The van der Waals surface area contributed by atoms with Crippen LogP contribution in [0.3, 0.4) is 0 Å². The van der Waals surface area contributed by atoms with Gasteiger partial charge in [-0.1, -0.05) is 45.9 Å². The van der Waals surface area contributed by atoms with Crippen molar-refractivity contribution in [1.29, 1.82) is 0 Å². The Bertz CT molecular complexity index is 513. The van der Waals surface area contributed by atoms with Gasteiger partial charge in [-0.3, -0.25) is 0 Å². The monoisotopic (exact) mass is 380 g/mol. The first kappa shape index (κ1) is 24.6. The Balaban J connectivity index is 5.42. The molecular weight excluding hydrogens is 348 g/mol. The zero-order valence-corrected chi connectivity index (χ0v) is 17.0. The van der Waals surface area contributed by atoms with E-state index >= 15 is 0 Å². The van der Waals surface area contributed by atoms with Crippen molar-refractivity contribution in [3.63, 3.8) is 0 Å². The van der Waals surface area contributed by atoms with Crippen LogP contribution in [0.1, 0.15) is 53.4 Å². The molecule has 0 amide bonds. The van der Waals surface area contributed by atoms with E-state index in [1.807, 2.05) is 0 Å². The van der Waals surface area contributed by atoms with E-state index in [9.17, 15) is 14.4 Å². The van der Waals surface area contributed by atoms with E-state index in [1.165, 1.54) is 0 Å². The molecule has 0 aliphatic carbocycles. The van der Waals surface area contributed by atoms with Gasteiger partial charge in [0, 0.05) is 16.7 Å². The van der Waals surface area contributed by atoms with Crippen molar-refractivity contribution >= 4 is 17.9 Å². The van der Waals surface area contributed by atoms with Gasteiger partial charge in [0.25, 0.3) is 0 Å². The highest BCUT2D eigenvalue weighted by Gasteiger charge is 2.35. The standard InChI is InChI=1S/C21H32O6/c1-8-9-10-11-21(12-25-18(22)15(2)3,13-26-19(23)16(4)5)14-27-20(24)17(6)7/h2,4,6,8-14H2,1,3,5,7H3. The van der Waals surface area contributed by atoms with Crippen LogP contribution in [0.2, 0.25) is 0 Å². The molecule has 0 N–H and O–H groups in total. The Hall–Kier alpha value is -2.37. The summed E-state index contributed by atoms with van der Waals surface area (Å²) in [4.78, 5) is 35.5. The molecule has 152 valence electrons. The van der Waals surface area contributed by atoms with Crippen LogP contribution in [0, 0.1) is 5.41 Å². The number of hydrogen-bond acceptors (Lipinski definition) is 6. The minimum Gasteiger partial charge on any atom is -0.461 e. The lowest BCUT2D eigenvalue weighted by Crippen LogP contribution is -2.40. The summed E-state index contributed by atoms with van der Waals surface area (Å²) in [5, 5.41) is 0. The molecule has 0 rings (SSSR count). The van der Waals surface area contributed by atoms with Crippen LogP contribution in [0.25, 0.3) is 0 Å². The van der Waals surface area contributed by atoms with Crippen LogP contribution in [0.15, 0.2) is 36.5 Å². The number of esters is 3. The van der Waals surface area contributed by atoms with Gasteiger partial charge in [0.2, 0.25) is 0 Å². The highest BCUT2D eigenvalue weighted by Crippen LogP contribution is 2.28. The second-order valence-corrected chi connectivity index (χ2v) is 7.03. The molecule has 0 heterocycles. The number of hydrogen-bond donors (Lipinski definition) is 0. The van der Waals surface area contributed by atoms with Gasteiger partial charge in [0.05, 0.1) is 5.41 Å². The van der Waals surface area contributed by atoms with Crippen LogP contribution < -0.4 is 0 Å². The van der Waals surface area contributed by atoms with E-state index < -0.39 is 23.3 Å². The molecular formula is C21H32O6. The maximum atomic E-state index is 11.8. The molecule has 0 aliphatic rings. The molecule has 0 radical (unpaired) electrons. The van der Waals surface area contributed by atoms with Crippen LogP contribution >= 0.6 is 0 Å². The molecule has 27 heavy (non-hydrogen) atoms. The third-order valence-electron chi connectivity index (χ3n) is 3.88. The summed E-state index contributed by atoms with van der Waals surface area (Å²) in [6.45, 7) is 17.2. The zero-order valence-electron chi connectivity index (χ0n) is 17.0. The van der Waals surface area contributed by atoms with Crippen molar-refractivity contribution in [2.24, 2.45) is 5.41 Å². The minimum absolute atomic E-state index is 0.0602. The van der Waals surface area contributed by atoms with E-state index in [4.69, 9.17) is 14.2 Å². The molecule has 0 atom stereocenters. The predicted molar refractivity (Wildman–Crippen MR) is 104 cm³/mol. The fraction of sp³-hybridized carbons (Fsp3) is 0.571. The maximum absolute atomic E-state index is 11.8. The molecule has 0 aromatic rings. The SMILES string of the molecule is C=C(C)C(=O)OCC(CCCCC)(COC(=O)C(=C)C)COC(=O)C(=C)C. The smallest absolute Gasteiger partial charge is 0.333 e. The first-order chi connectivity index (χ1) is 12.5. The molecule has 0 unspecified atom stereocenters. The van der Waals surface area contributed by atoms with Gasteiger partial charge < -0.3 is 14.2 Å². The van der Waals surface area contributed by atoms with Gasteiger partial charge in [0.15, 0.2) is 0 Å². The maximum Gasteiger partial charge on any atom is 0.333 e. The molecule has 6 nitrogen and oxygen atoms in total. The van der Waals surface area contributed by atoms with Gasteiger partial charge in [-0.25, -0.2) is 14.4 Å². The van der Waals surface area contributed by atoms with Crippen LogP contribution in [-0.4, -0.2) is 37.7 Å². The van der Waals surface area contributed by atoms with Gasteiger partial charge in [-0.05, 0) is 27.2 Å². The summed E-state index contributed by atoms with van der Waals surface area (Å²) in [5.74, 6) is -1.65. The first-order valence-electron chi connectivity index (χ1n) is 9.02. The molecule has 0 aromatic heterocycles. The normalized spacial score (nSPS) is 10.7. The predicted octanol–water partition coefficient (Wildman–Crippen LogP) is 3.91. The molecule has 0 fully saturated rings. The second kappa shape index (κ2) is 12.1. The lowest BCUT2D eigenvalue weighted by molar-refractivity contribution is -0.157. The Kier molecular flexibility index (Phi) is 11.0. The van der Waals surface area contributed by atoms with Crippen LogP contribution in [-0.2, 0) is 28.6 Å². The average molecular weight is 380 g/mol. The molecule has 0 bridgehead atoms. The summed E-state index contributed by atoms with van der Waals surface area (Å²) < 4.78 is 16.0. The summed E-state index contributed by atoms with van der Waals surface area (Å²) in [6, 6.07) is 0. The van der Waals surface area contributed by atoms with E-state index in [-0.39, 0.29) is 36.5 Å². The Labute approximate surface area is 162 Å². The number of carbonyl (C=O) groups excluding carboxylic acids is 3. The third kappa shape index (κ3) is 9.78. The number of carbonyl (C=O) groups is 3. The summed E-state index contributed by atoms with van der Waals surface area (Å²) in [6.07, 6.45) is 3.28. The van der Waals surface area contributed by atoms with Gasteiger partial charge >= 0.3 is 17.9 Å². The fourth-order valence-corrected chi connectivity index (χ4v) is 2.12. The number of rotatable bonds is 13. The Morgan fingerprint density at radius 1 is 0.704 bits per heavy atom. The second-order valence-electron chi connectivity index (χ2n) is 7.03. The summed E-state index contributed by atoms with van der Waals surface area (Å²) in [7, 11) is 0. The Morgan fingerprint density at radius 3 is 1.30 bits per heavy atom. The van der Waals surface area contributed by atoms with Crippen molar-refractivity contribution in [1.82, 2.24) is 0 Å². The highest BCUT2D eigenvalue weighted by atomic mass is 16.6. The van der Waals surface area contributed by atoms with Crippen molar-refractivity contribution in [3.05, 3.63) is 36.5 Å². The number of ether oxygens (including phenoxy) is 3. The largest absolute Gasteiger partial charge is 0.461 e. The van der Waals surface area contributed by atoms with Crippen molar-refractivity contribution in [3.8, 4) is 0 Å². The number of unbranched alkanes of at least 4 members (excludes halogenated alkanes) is 2. The fourth-order valence-electron chi connectivity index (χ4n) is 2.12. The van der Waals surface area contributed by atoms with E-state index in [1.54, 1.807) is 20.8 Å². The first-order valence-corrected chi connectivity index (χ1v) is 9.02. The average Bonchev–Trinajstić information content (AvgIpc) is 2.61. The van der Waals surface area contributed by atoms with Gasteiger partial charge in [0.1, 0.15) is 19.8 Å². The van der Waals surface area contributed by atoms with Crippen LogP contribution in [0.5, 0.6) is 0 Å². The van der Waals surface area contributed by atoms with Crippen LogP contribution in [0.4, 0.5) is 0 Å². The van der Waals surface area contributed by atoms with Crippen molar-refractivity contribution < 1.29 is 28.6 Å². The summed E-state index contributed by atoms with van der Waals surface area (Å²) in [5.41, 5.74) is -0.0720. The zero-order chi connectivity index (χ0) is 21.0. The molecule has 0 aliphatic heterocycles. The van der Waals surface area contributed by atoms with Gasteiger partial charge in [-0.15, -0.1) is 0 Å². The van der Waals surface area contributed by atoms with Crippen molar-refractivity contribution in [2.75, 3.05) is 19.8 Å². The summed E-state index contributed by atoms with van der Waals surface area (Å²) >= 11 is 0. The molecule has 0 spiro atoms. The molecule has 0 aromatic carbocycles. The van der Waals surface area contributed by atoms with Gasteiger partial charge in [-0.2, -0.15) is 0 Å². The highest BCUT2D eigenvalue weighted by molar-refractivity contribution is 5.88. The lowest BCUT2D eigenvalue weighted by Gasteiger charge is -2.32. The molecule has 6 heteroatoms. The topological polar surface area (TPSA) is 78.9 Å². The lowest BCUT2D eigenvalue weighted by atomic mass is 9.84. The quantitative estimate of drug-likeness (QED) is 0.209. The molecule has 0 saturated carbocycles. The Morgan fingerprint density at radius 2 is 1.04 bits per heavy atom. The van der Waals surface area contributed by atoms with E-state index in [2.05, 4.69) is 26.7 Å². The molecule has 0 saturated heterocycles. The minimum atomic E-state index is -0.851. The third-order valence-corrected chi connectivity index (χ3v) is 3.88.